The van der Waals surface area contributed by atoms with Gasteiger partial charge in [-0.2, -0.15) is 0 Å². The van der Waals surface area contributed by atoms with E-state index in [1.807, 2.05) is 61.5 Å². The number of carbonyl (C=O) groups is 1. The zero-order valence-corrected chi connectivity index (χ0v) is 15.1. The molecule has 0 saturated carbocycles. The highest BCUT2D eigenvalue weighted by Gasteiger charge is 2.15. The van der Waals surface area contributed by atoms with Gasteiger partial charge in [0.25, 0.3) is 5.91 Å². The van der Waals surface area contributed by atoms with E-state index in [1.165, 1.54) is 0 Å². The first-order chi connectivity index (χ1) is 12.7. The lowest BCUT2D eigenvalue weighted by molar-refractivity contribution is 0.0956. The Balaban J connectivity index is 1.82. The van der Waals surface area contributed by atoms with Gasteiger partial charge in [0, 0.05) is 5.56 Å². The number of hydrogen-bond donors (Lipinski definition) is 1. The summed E-state index contributed by atoms with van der Waals surface area (Å²) < 4.78 is 5.64. The Hall–Kier alpha value is -2.96. The molecule has 0 bridgehead atoms. The molecule has 1 amide bonds. The number of amides is 1. The van der Waals surface area contributed by atoms with Crippen LogP contribution in [0.5, 0.6) is 5.75 Å². The monoisotopic (exact) mass is 363 g/mol. The van der Waals surface area contributed by atoms with Crippen LogP contribution in [0.25, 0.3) is 10.8 Å². The van der Waals surface area contributed by atoms with Gasteiger partial charge in [-0.15, -0.1) is 0 Å². The number of carbonyl (C=O) groups excluding carboxylic acids is 1. The number of halogens is 1. The number of rotatable bonds is 4. The average molecular weight is 364 g/mol. The summed E-state index contributed by atoms with van der Waals surface area (Å²) in [6.07, 6.45) is 0. The van der Waals surface area contributed by atoms with Crippen molar-refractivity contribution in [3.8, 4) is 17.6 Å². The van der Waals surface area contributed by atoms with Crippen molar-refractivity contribution >= 4 is 28.3 Å². The van der Waals surface area contributed by atoms with Crippen LogP contribution in [-0.2, 0) is 0 Å². The van der Waals surface area contributed by atoms with Gasteiger partial charge in [0.15, 0.2) is 0 Å². The molecule has 0 saturated heterocycles. The zero-order valence-electron chi connectivity index (χ0n) is 14.4. The molecule has 130 valence electrons. The quantitative estimate of drug-likeness (QED) is 0.684. The first-order valence-electron chi connectivity index (χ1n) is 8.37. The topological polar surface area (TPSA) is 38.3 Å². The molecule has 0 heterocycles. The van der Waals surface area contributed by atoms with E-state index >= 15 is 0 Å². The second kappa shape index (κ2) is 8.42. The van der Waals surface area contributed by atoms with E-state index < -0.39 is 0 Å². The van der Waals surface area contributed by atoms with Gasteiger partial charge in [-0.05, 0) is 35.9 Å². The maximum atomic E-state index is 12.7. The Kier molecular flexibility index (Phi) is 5.78. The van der Waals surface area contributed by atoms with Gasteiger partial charge in [0.05, 0.1) is 23.7 Å². The van der Waals surface area contributed by atoms with Gasteiger partial charge >= 0.3 is 0 Å². The Labute approximate surface area is 157 Å². The molecule has 0 spiro atoms. The first kappa shape index (κ1) is 17.8. The summed E-state index contributed by atoms with van der Waals surface area (Å²) in [4.78, 5) is 12.7. The molecule has 1 N–H and O–H groups in total. The summed E-state index contributed by atoms with van der Waals surface area (Å²) in [6.45, 7) is 2.61. The lowest BCUT2D eigenvalue weighted by Crippen LogP contribution is -2.24. The molecule has 4 heteroatoms. The lowest BCUT2D eigenvalue weighted by Gasteiger charge is -2.12. The molecule has 0 radical (unpaired) electrons. The van der Waals surface area contributed by atoms with Crippen LogP contribution in [0.4, 0.5) is 0 Å². The average Bonchev–Trinajstić information content (AvgIpc) is 2.66. The van der Waals surface area contributed by atoms with Crippen LogP contribution >= 0.6 is 11.6 Å². The first-order valence-corrected chi connectivity index (χ1v) is 8.74. The molecule has 0 aliphatic heterocycles. The molecular formula is C22H18ClNO2. The maximum absolute atomic E-state index is 12.7. The molecular weight excluding hydrogens is 346 g/mol. The second-order valence-electron chi connectivity index (χ2n) is 5.56. The van der Waals surface area contributed by atoms with Gasteiger partial charge in [-0.3, -0.25) is 4.79 Å². The molecule has 0 aromatic heterocycles. The SMILES string of the molecule is CCOc1ccc2ccccc2c1C(=O)NCC#Cc1ccccc1Cl. The molecule has 0 aliphatic rings. The van der Waals surface area contributed by atoms with Crippen molar-refractivity contribution in [1.82, 2.24) is 5.32 Å². The predicted octanol–water partition coefficient (Wildman–Crippen LogP) is 4.67. The largest absolute Gasteiger partial charge is 0.493 e. The third-order valence-corrected chi connectivity index (χ3v) is 4.18. The van der Waals surface area contributed by atoms with Crippen LogP contribution in [0.3, 0.4) is 0 Å². The van der Waals surface area contributed by atoms with Crippen molar-refractivity contribution in [2.24, 2.45) is 0 Å². The van der Waals surface area contributed by atoms with E-state index in [1.54, 1.807) is 6.07 Å². The highest BCUT2D eigenvalue weighted by Crippen LogP contribution is 2.28. The van der Waals surface area contributed by atoms with Crippen molar-refractivity contribution in [2.75, 3.05) is 13.2 Å². The number of nitrogens with one attached hydrogen (secondary N) is 1. The van der Waals surface area contributed by atoms with E-state index in [9.17, 15) is 4.79 Å². The van der Waals surface area contributed by atoms with Crippen LogP contribution < -0.4 is 10.1 Å². The van der Waals surface area contributed by atoms with Crippen LogP contribution in [-0.4, -0.2) is 19.1 Å². The van der Waals surface area contributed by atoms with E-state index in [2.05, 4.69) is 17.2 Å². The summed E-state index contributed by atoms with van der Waals surface area (Å²) in [5, 5.41) is 5.29. The fraction of sp³-hybridized carbons (Fsp3) is 0.136. The minimum Gasteiger partial charge on any atom is -0.493 e. The molecule has 3 aromatic rings. The summed E-state index contributed by atoms with van der Waals surface area (Å²) in [5.74, 6) is 6.27. The minimum atomic E-state index is -0.210. The lowest BCUT2D eigenvalue weighted by atomic mass is 10.0. The number of benzene rings is 3. The van der Waals surface area contributed by atoms with E-state index in [0.717, 1.165) is 16.3 Å². The van der Waals surface area contributed by atoms with E-state index in [-0.39, 0.29) is 12.5 Å². The second-order valence-corrected chi connectivity index (χ2v) is 5.96. The van der Waals surface area contributed by atoms with Crippen molar-refractivity contribution in [3.05, 3.63) is 76.8 Å². The molecule has 0 aliphatic carbocycles. The van der Waals surface area contributed by atoms with Crippen molar-refractivity contribution < 1.29 is 9.53 Å². The third kappa shape index (κ3) is 3.99. The maximum Gasteiger partial charge on any atom is 0.256 e. The van der Waals surface area contributed by atoms with Crippen molar-refractivity contribution in [2.45, 2.75) is 6.92 Å². The Bertz CT molecular complexity index is 1000. The highest BCUT2D eigenvalue weighted by atomic mass is 35.5. The molecule has 0 unspecified atom stereocenters. The number of ether oxygens (including phenoxy) is 1. The Morgan fingerprint density at radius 1 is 1.08 bits per heavy atom. The van der Waals surface area contributed by atoms with Gasteiger partial charge in [-0.1, -0.05) is 65.9 Å². The number of fused-ring (bicyclic) bond motifs is 1. The van der Waals surface area contributed by atoms with Gasteiger partial charge in [-0.25, -0.2) is 0 Å². The summed E-state index contributed by atoms with van der Waals surface area (Å²) in [5.41, 5.74) is 1.27. The van der Waals surface area contributed by atoms with Crippen molar-refractivity contribution in [1.29, 1.82) is 0 Å². The molecule has 3 nitrogen and oxygen atoms in total. The van der Waals surface area contributed by atoms with Gasteiger partial charge in [0.1, 0.15) is 5.75 Å². The minimum absolute atomic E-state index is 0.210. The summed E-state index contributed by atoms with van der Waals surface area (Å²) >= 11 is 6.08. The fourth-order valence-corrected chi connectivity index (χ4v) is 2.86. The molecule has 0 atom stereocenters. The summed E-state index contributed by atoms with van der Waals surface area (Å²) in [7, 11) is 0. The molecule has 3 aromatic carbocycles. The van der Waals surface area contributed by atoms with Crippen LogP contribution in [0.1, 0.15) is 22.8 Å². The highest BCUT2D eigenvalue weighted by molar-refractivity contribution is 6.31. The normalized spacial score (nSPS) is 10.1. The Morgan fingerprint density at radius 3 is 2.65 bits per heavy atom. The van der Waals surface area contributed by atoms with Gasteiger partial charge < -0.3 is 10.1 Å². The van der Waals surface area contributed by atoms with E-state index in [0.29, 0.717) is 22.9 Å². The van der Waals surface area contributed by atoms with Gasteiger partial charge in [0.2, 0.25) is 0 Å². The van der Waals surface area contributed by atoms with Crippen LogP contribution in [0.2, 0.25) is 5.02 Å². The molecule has 0 fully saturated rings. The van der Waals surface area contributed by atoms with Crippen molar-refractivity contribution in [3.63, 3.8) is 0 Å². The predicted molar refractivity (Wildman–Crippen MR) is 106 cm³/mol. The van der Waals surface area contributed by atoms with Crippen LogP contribution in [0.15, 0.2) is 60.7 Å². The third-order valence-electron chi connectivity index (χ3n) is 3.85. The van der Waals surface area contributed by atoms with Crippen LogP contribution in [0, 0.1) is 11.8 Å². The Morgan fingerprint density at radius 2 is 1.85 bits per heavy atom. The molecule has 26 heavy (non-hydrogen) atoms. The fourth-order valence-electron chi connectivity index (χ4n) is 2.68. The zero-order chi connectivity index (χ0) is 18.4. The smallest absolute Gasteiger partial charge is 0.256 e. The number of hydrogen-bond acceptors (Lipinski definition) is 2. The molecule has 3 rings (SSSR count). The standard InChI is InChI=1S/C22H18ClNO2/c1-2-26-20-14-13-16-8-3-5-11-18(16)21(20)22(25)24-15-7-10-17-9-4-6-12-19(17)23/h3-6,8-9,11-14H,2,15H2,1H3,(H,24,25). The summed E-state index contributed by atoms with van der Waals surface area (Å²) in [6, 6.07) is 18.9. The van der Waals surface area contributed by atoms with E-state index in [4.69, 9.17) is 16.3 Å².